The molecule has 1 saturated heterocycles. The summed E-state index contributed by atoms with van der Waals surface area (Å²) >= 11 is 1.95. The summed E-state index contributed by atoms with van der Waals surface area (Å²) in [5.74, 6) is 0. The number of nitrogens with one attached hydrogen (secondary N) is 1. The monoisotopic (exact) mass is 266 g/mol. The Kier molecular flexibility index (Phi) is 4.82. The number of rotatable bonds is 5. The van der Waals surface area contributed by atoms with Gasteiger partial charge in [0.2, 0.25) is 0 Å². The van der Waals surface area contributed by atoms with Crippen LogP contribution in [0.15, 0.2) is 12.1 Å². The van der Waals surface area contributed by atoms with E-state index in [1.165, 1.54) is 42.2 Å². The molecule has 1 aliphatic rings. The van der Waals surface area contributed by atoms with E-state index in [1.54, 1.807) is 0 Å². The minimum atomic E-state index is 0.290. The molecule has 1 aromatic heterocycles. The Morgan fingerprint density at radius 3 is 2.56 bits per heavy atom. The van der Waals surface area contributed by atoms with E-state index in [9.17, 15) is 0 Å². The molecule has 2 heterocycles. The van der Waals surface area contributed by atoms with E-state index in [1.807, 2.05) is 11.3 Å². The molecular weight excluding hydrogens is 240 g/mol. The molecule has 0 aliphatic carbocycles. The van der Waals surface area contributed by atoms with Gasteiger partial charge in [0.25, 0.3) is 0 Å². The van der Waals surface area contributed by atoms with Crippen molar-refractivity contribution >= 4 is 11.3 Å². The zero-order valence-electron chi connectivity index (χ0n) is 12.0. The lowest BCUT2D eigenvalue weighted by Gasteiger charge is -2.15. The highest BCUT2D eigenvalue weighted by Crippen LogP contribution is 2.29. The molecule has 0 radical (unpaired) electrons. The predicted molar refractivity (Wildman–Crippen MR) is 80.4 cm³/mol. The van der Waals surface area contributed by atoms with Crippen LogP contribution in [0.4, 0.5) is 0 Å². The molecule has 18 heavy (non-hydrogen) atoms. The smallest absolute Gasteiger partial charge is 0.0300 e. The van der Waals surface area contributed by atoms with E-state index in [4.69, 9.17) is 0 Å². The average Bonchev–Trinajstić information content (AvgIpc) is 2.95. The Hall–Kier alpha value is -0.380. The van der Waals surface area contributed by atoms with Crippen LogP contribution < -0.4 is 5.32 Å². The Balaban J connectivity index is 1.68. The molecule has 1 aromatic rings. The molecule has 0 spiro atoms. The van der Waals surface area contributed by atoms with Gasteiger partial charge in [0.05, 0.1) is 0 Å². The molecule has 0 aromatic carbocycles. The van der Waals surface area contributed by atoms with Crippen LogP contribution in [0, 0.1) is 0 Å². The van der Waals surface area contributed by atoms with Gasteiger partial charge >= 0.3 is 0 Å². The summed E-state index contributed by atoms with van der Waals surface area (Å²) < 4.78 is 0. The zero-order chi connectivity index (χ0) is 13.0. The first-order valence-corrected chi connectivity index (χ1v) is 7.89. The van der Waals surface area contributed by atoms with Gasteiger partial charge < -0.3 is 10.2 Å². The van der Waals surface area contributed by atoms with Crippen LogP contribution in [0.1, 0.15) is 43.4 Å². The highest BCUT2D eigenvalue weighted by molar-refractivity contribution is 7.12. The van der Waals surface area contributed by atoms with Crippen LogP contribution in [0.2, 0.25) is 0 Å². The third-order valence-corrected chi connectivity index (χ3v) is 5.01. The van der Waals surface area contributed by atoms with Crippen molar-refractivity contribution in [2.24, 2.45) is 0 Å². The summed E-state index contributed by atoms with van der Waals surface area (Å²) in [4.78, 5) is 5.50. The summed E-state index contributed by atoms with van der Waals surface area (Å²) in [6.07, 6.45) is 2.78. The van der Waals surface area contributed by atoms with Crippen molar-refractivity contribution in [3.8, 4) is 0 Å². The van der Waals surface area contributed by atoms with Crippen molar-refractivity contribution in [1.82, 2.24) is 10.2 Å². The minimum Gasteiger partial charge on any atom is -0.311 e. The fraction of sp³-hybridized carbons (Fsp3) is 0.733. The third kappa shape index (κ3) is 4.08. The van der Waals surface area contributed by atoms with E-state index in [0.29, 0.717) is 5.41 Å². The standard InChI is InChI=1S/C15H26N2S/c1-15(2,3)14-7-6-13(18-14)12-16-8-11-17-9-4-5-10-17/h6-7,16H,4-5,8-12H2,1-3H3. The van der Waals surface area contributed by atoms with E-state index in [-0.39, 0.29) is 0 Å². The van der Waals surface area contributed by atoms with Crippen molar-refractivity contribution in [3.05, 3.63) is 21.9 Å². The largest absolute Gasteiger partial charge is 0.311 e. The quantitative estimate of drug-likeness (QED) is 0.823. The van der Waals surface area contributed by atoms with Crippen LogP contribution in [-0.4, -0.2) is 31.1 Å². The van der Waals surface area contributed by atoms with Gasteiger partial charge in [0.1, 0.15) is 0 Å². The van der Waals surface area contributed by atoms with Crippen LogP contribution in [0.3, 0.4) is 0 Å². The zero-order valence-corrected chi connectivity index (χ0v) is 12.8. The summed E-state index contributed by atoms with van der Waals surface area (Å²) in [6, 6.07) is 4.55. The van der Waals surface area contributed by atoms with Gasteiger partial charge in [-0.2, -0.15) is 0 Å². The molecule has 0 atom stereocenters. The van der Waals surface area contributed by atoms with Crippen LogP contribution in [0.5, 0.6) is 0 Å². The topological polar surface area (TPSA) is 15.3 Å². The number of hydrogen-bond donors (Lipinski definition) is 1. The summed E-state index contributed by atoms with van der Waals surface area (Å²) in [5.41, 5.74) is 0.290. The van der Waals surface area contributed by atoms with E-state index in [2.05, 4.69) is 43.1 Å². The molecule has 0 amide bonds. The lowest BCUT2D eigenvalue weighted by Crippen LogP contribution is -2.29. The van der Waals surface area contributed by atoms with Gasteiger partial charge in [0, 0.05) is 29.4 Å². The Labute approximate surface area is 115 Å². The van der Waals surface area contributed by atoms with Crippen molar-refractivity contribution in [2.45, 2.75) is 45.6 Å². The summed E-state index contributed by atoms with van der Waals surface area (Å²) in [7, 11) is 0. The highest BCUT2D eigenvalue weighted by Gasteiger charge is 2.15. The number of thiophene rings is 1. The van der Waals surface area contributed by atoms with Gasteiger partial charge in [0.15, 0.2) is 0 Å². The average molecular weight is 266 g/mol. The molecule has 1 N–H and O–H groups in total. The maximum atomic E-state index is 3.56. The molecule has 0 unspecified atom stereocenters. The molecule has 2 rings (SSSR count). The lowest BCUT2D eigenvalue weighted by molar-refractivity contribution is 0.336. The second-order valence-corrected chi connectivity index (χ2v) is 7.41. The molecule has 1 aliphatic heterocycles. The first-order valence-electron chi connectivity index (χ1n) is 7.08. The first kappa shape index (κ1) is 14.0. The highest BCUT2D eigenvalue weighted by atomic mass is 32.1. The van der Waals surface area contributed by atoms with Crippen LogP contribution >= 0.6 is 11.3 Å². The summed E-state index contributed by atoms with van der Waals surface area (Å²) in [6.45, 7) is 12.8. The van der Waals surface area contributed by atoms with Gasteiger partial charge in [-0.15, -0.1) is 11.3 Å². The molecule has 2 nitrogen and oxygen atoms in total. The fourth-order valence-electron chi connectivity index (χ4n) is 2.33. The SMILES string of the molecule is CC(C)(C)c1ccc(CNCCN2CCCC2)s1. The van der Waals surface area contributed by atoms with Crippen molar-refractivity contribution in [1.29, 1.82) is 0 Å². The van der Waals surface area contributed by atoms with Gasteiger partial charge in [-0.25, -0.2) is 0 Å². The van der Waals surface area contributed by atoms with Crippen molar-refractivity contribution < 1.29 is 0 Å². The number of nitrogens with zero attached hydrogens (tertiary/aromatic N) is 1. The van der Waals surface area contributed by atoms with Crippen molar-refractivity contribution in [3.63, 3.8) is 0 Å². The molecule has 0 saturated carbocycles. The van der Waals surface area contributed by atoms with Crippen LogP contribution in [0.25, 0.3) is 0 Å². The predicted octanol–water partition coefficient (Wildman–Crippen LogP) is 3.23. The maximum absolute atomic E-state index is 3.56. The summed E-state index contributed by atoms with van der Waals surface area (Å²) in [5, 5.41) is 3.56. The second-order valence-electron chi connectivity index (χ2n) is 6.24. The molecule has 3 heteroatoms. The van der Waals surface area contributed by atoms with E-state index >= 15 is 0 Å². The van der Waals surface area contributed by atoms with Crippen LogP contribution in [-0.2, 0) is 12.0 Å². The molecule has 1 fully saturated rings. The third-order valence-electron chi connectivity index (χ3n) is 3.50. The molecular formula is C15H26N2S. The van der Waals surface area contributed by atoms with Gasteiger partial charge in [-0.3, -0.25) is 0 Å². The van der Waals surface area contributed by atoms with E-state index < -0.39 is 0 Å². The fourth-order valence-corrected chi connectivity index (χ4v) is 3.37. The number of hydrogen-bond acceptors (Lipinski definition) is 3. The van der Waals surface area contributed by atoms with E-state index in [0.717, 1.165) is 13.1 Å². The Morgan fingerprint density at radius 2 is 1.94 bits per heavy atom. The first-order chi connectivity index (χ1) is 8.55. The van der Waals surface area contributed by atoms with Gasteiger partial charge in [-0.1, -0.05) is 20.8 Å². The minimum absolute atomic E-state index is 0.290. The second kappa shape index (κ2) is 6.18. The Morgan fingerprint density at radius 1 is 1.22 bits per heavy atom. The molecule has 102 valence electrons. The van der Waals surface area contributed by atoms with Crippen molar-refractivity contribution in [2.75, 3.05) is 26.2 Å². The lowest BCUT2D eigenvalue weighted by atomic mass is 9.95. The molecule has 0 bridgehead atoms. The Bertz CT molecular complexity index is 359. The maximum Gasteiger partial charge on any atom is 0.0300 e. The van der Waals surface area contributed by atoms with Gasteiger partial charge in [-0.05, 0) is 43.5 Å². The normalized spacial score (nSPS) is 17.5. The number of likely N-dealkylation sites (tertiary alicyclic amines) is 1.